The fraction of sp³-hybridized carbons (Fsp3) is 0.0345. The number of hydrogen-bond acceptors (Lipinski definition) is 6. The van der Waals surface area contributed by atoms with Crippen LogP contribution in [0.25, 0.3) is 5.52 Å². The average Bonchev–Trinajstić information content (AvgIpc) is 3.30. The topological polar surface area (TPSA) is 99.0 Å². The number of nitrogen functional groups attached to an aromatic ring is 1. The van der Waals surface area contributed by atoms with Crippen molar-refractivity contribution in [2.24, 2.45) is 4.99 Å². The molecule has 36 heavy (non-hydrogen) atoms. The summed E-state index contributed by atoms with van der Waals surface area (Å²) in [5, 5.41) is 0. The van der Waals surface area contributed by atoms with E-state index in [2.05, 4.69) is 4.98 Å². The Hall–Kier alpha value is -5.04. The van der Waals surface area contributed by atoms with Crippen molar-refractivity contribution in [2.75, 3.05) is 12.8 Å². The fourth-order valence-corrected chi connectivity index (χ4v) is 3.97. The van der Waals surface area contributed by atoms with Crippen LogP contribution in [0.4, 0.5) is 11.5 Å². The predicted molar refractivity (Wildman–Crippen MR) is 139 cm³/mol. The van der Waals surface area contributed by atoms with Gasteiger partial charge in [-0.2, -0.15) is 0 Å². The lowest BCUT2D eigenvalue weighted by Gasteiger charge is -2.06. The maximum atomic E-state index is 13.5. The Kier molecular flexibility index (Phi) is 6.11. The van der Waals surface area contributed by atoms with E-state index in [1.54, 1.807) is 16.7 Å². The molecule has 7 nitrogen and oxygen atoms in total. The molecule has 3 aromatic carbocycles. The molecule has 0 aliphatic heterocycles. The molecular weight excluding hydrogens is 452 g/mol. The second-order valence-electron chi connectivity index (χ2n) is 8.03. The number of ether oxygens (including phenoxy) is 1. The second-order valence-corrected chi connectivity index (χ2v) is 8.03. The van der Waals surface area contributed by atoms with Crippen molar-refractivity contribution in [1.82, 2.24) is 9.38 Å². The van der Waals surface area contributed by atoms with Crippen molar-refractivity contribution in [3.05, 3.63) is 131 Å². The number of aliphatic imine (C=N–C) groups is 1. The molecule has 0 saturated heterocycles. The van der Waals surface area contributed by atoms with Gasteiger partial charge < -0.3 is 10.5 Å². The highest BCUT2D eigenvalue weighted by Crippen LogP contribution is 2.26. The number of carbonyl (C=O) groups excluding carboxylic acids is 2. The number of nitrogens with two attached hydrogens (primary N) is 1. The molecule has 2 heterocycles. The summed E-state index contributed by atoms with van der Waals surface area (Å²) in [6.45, 7) is 0. The summed E-state index contributed by atoms with van der Waals surface area (Å²) in [5.41, 5.74) is 9.79. The molecule has 0 atom stereocenters. The van der Waals surface area contributed by atoms with E-state index in [1.165, 1.54) is 19.2 Å². The number of fused-ring (bicyclic) bond motifs is 1. The molecule has 0 radical (unpaired) electrons. The van der Waals surface area contributed by atoms with Gasteiger partial charge in [0, 0.05) is 28.6 Å². The normalized spacial score (nSPS) is 10.7. The number of imidazole rings is 1. The van der Waals surface area contributed by atoms with Gasteiger partial charge in [-0.25, -0.2) is 14.8 Å². The van der Waals surface area contributed by atoms with Gasteiger partial charge in [0.2, 0.25) is 5.78 Å². The van der Waals surface area contributed by atoms with Gasteiger partial charge in [-0.15, -0.1) is 0 Å². The van der Waals surface area contributed by atoms with Crippen LogP contribution in [0.2, 0.25) is 0 Å². The van der Waals surface area contributed by atoms with Crippen molar-refractivity contribution in [3.63, 3.8) is 0 Å². The zero-order valence-electron chi connectivity index (χ0n) is 19.5. The SMILES string of the molecule is COC(=O)c1cc(C(=O)c2nc(N=C(c3ccccc3)c3ccccc3)c3ccccn23)ccc1N. The van der Waals surface area contributed by atoms with E-state index >= 15 is 0 Å². The number of aromatic nitrogens is 2. The number of rotatable bonds is 6. The molecule has 7 heteroatoms. The van der Waals surface area contributed by atoms with Crippen LogP contribution in [-0.4, -0.2) is 34.0 Å². The van der Waals surface area contributed by atoms with Crippen molar-refractivity contribution < 1.29 is 14.3 Å². The van der Waals surface area contributed by atoms with Gasteiger partial charge >= 0.3 is 5.97 Å². The van der Waals surface area contributed by atoms with E-state index in [0.717, 1.165) is 16.8 Å². The van der Waals surface area contributed by atoms with Gasteiger partial charge in [0.1, 0.15) is 0 Å². The number of pyridine rings is 1. The highest BCUT2D eigenvalue weighted by Gasteiger charge is 2.22. The quantitative estimate of drug-likeness (QED) is 0.160. The minimum absolute atomic E-state index is 0.123. The molecule has 5 rings (SSSR count). The number of esters is 1. The van der Waals surface area contributed by atoms with Crippen LogP contribution in [0, 0.1) is 0 Å². The number of methoxy groups -OCH3 is 1. The zero-order chi connectivity index (χ0) is 25.1. The summed E-state index contributed by atoms with van der Waals surface area (Å²) >= 11 is 0. The Labute approximate surface area is 207 Å². The lowest BCUT2D eigenvalue weighted by atomic mass is 10.0. The summed E-state index contributed by atoms with van der Waals surface area (Å²) in [4.78, 5) is 35.2. The summed E-state index contributed by atoms with van der Waals surface area (Å²) in [7, 11) is 1.26. The first-order chi connectivity index (χ1) is 17.6. The Bertz CT molecular complexity index is 1560. The molecule has 0 aliphatic carbocycles. The molecular formula is C29H22N4O3. The zero-order valence-corrected chi connectivity index (χ0v) is 19.5. The van der Waals surface area contributed by atoms with Gasteiger partial charge in [0.05, 0.1) is 23.9 Å². The average molecular weight is 475 g/mol. The van der Waals surface area contributed by atoms with Gasteiger partial charge in [-0.1, -0.05) is 66.7 Å². The van der Waals surface area contributed by atoms with Gasteiger partial charge in [0.25, 0.3) is 0 Å². The molecule has 0 aliphatic rings. The maximum absolute atomic E-state index is 13.5. The van der Waals surface area contributed by atoms with Crippen LogP contribution >= 0.6 is 0 Å². The molecule has 0 fully saturated rings. The lowest BCUT2D eigenvalue weighted by molar-refractivity contribution is 0.0602. The minimum atomic E-state index is -0.615. The first-order valence-corrected chi connectivity index (χ1v) is 11.3. The molecule has 2 aromatic heterocycles. The molecule has 176 valence electrons. The highest BCUT2D eigenvalue weighted by atomic mass is 16.5. The van der Waals surface area contributed by atoms with E-state index in [1.807, 2.05) is 78.9 Å². The standard InChI is InChI=1S/C29H22N4O3/c1-36-29(35)22-18-21(15-16-23(22)30)26(34)28-32-27(24-14-8-9-17-33(24)28)31-25(19-10-4-2-5-11-19)20-12-6-3-7-13-20/h2-18H,30H2,1H3. The monoisotopic (exact) mass is 474 g/mol. The third-order valence-corrected chi connectivity index (χ3v) is 5.77. The van der Waals surface area contributed by atoms with E-state index in [-0.39, 0.29) is 28.4 Å². The minimum Gasteiger partial charge on any atom is -0.465 e. The summed E-state index contributed by atoms with van der Waals surface area (Å²) in [6.07, 6.45) is 1.76. The first-order valence-electron chi connectivity index (χ1n) is 11.3. The molecule has 0 amide bonds. The molecule has 2 N–H and O–H groups in total. The van der Waals surface area contributed by atoms with Crippen LogP contribution < -0.4 is 5.73 Å². The highest BCUT2D eigenvalue weighted by molar-refractivity contribution is 6.15. The first kappa shape index (κ1) is 22.7. The number of anilines is 1. The molecule has 0 saturated carbocycles. The maximum Gasteiger partial charge on any atom is 0.339 e. The predicted octanol–water partition coefficient (Wildman–Crippen LogP) is 5.10. The number of benzene rings is 3. The molecule has 0 unspecified atom stereocenters. The third-order valence-electron chi connectivity index (χ3n) is 5.77. The Morgan fingerprint density at radius 2 is 1.47 bits per heavy atom. The molecule has 0 spiro atoms. The number of ketones is 1. The summed E-state index contributed by atoms with van der Waals surface area (Å²) < 4.78 is 6.49. The molecule has 0 bridgehead atoms. The van der Waals surface area contributed by atoms with Crippen LogP contribution in [-0.2, 0) is 4.74 Å². The second kappa shape index (κ2) is 9.68. The van der Waals surface area contributed by atoms with E-state index in [0.29, 0.717) is 11.3 Å². The van der Waals surface area contributed by atoms with E-state index in [4.69, 9.17) is 15.5 Å². The van der Waals surface area contributed by atoms with E-state index < -0.39 is 5.97 Å². The summed E-state index contributed by atoms with van der Waals surface area (Å²) in [6, 6.07) is 29.7. The van der Waals surface area contributed by atoms with Crippen LogP contribution in [0.15, 0.2) is 108 Å². The fourth-order valence-electron chi connectivity index (χ4n) is 3.97. The number of hydrogen-bond donors (Lipinski definition) is 1. The summed E-state index contributed by atoms with van der Waals surface area (Å²) in [5.74, 6) is -0.407. The van der Waals surface area contributed by atoms with Crippen LogP contribution in [0.5, 0.6) is 0 Å². The molecule has 5 aromatic rings. The van der Waals surface area contributed by atoms with Crippen molar-refractivity contribution >= 4 is 34.5 Å². The Balaban J connectivity index is 1.67. The van der Waals surface area contributed by atoms with Crippen LogP contribution in [0.1, 0.15) is 37.7 Å². The van der Waals surface area contributed by atoms with Gasteiger partial charge in [-0.3, -0.25) is 9.20 Å². The van der Waals surface area contributed by atoms with Crippen molar-refractivity contribution in [1.29, 1.82) is 0 Å². The number of carbonyl (C=O) groups is 2. The van der Waals surface area contributed by atoms with Crippen molar-refractivity contribution in [3.8, 4) is 0 Å². The van der Waals surface area contributed by atoms with Crippen LogP contribution in [0.3, 0.4) is 0 Å². The lowest BCUT2D eigenvalue weighted by Crippen LogP contribution is -2.11. The largest absolute Gasteiger partial charge is 0.465 e. The third kappa shape index (κ3) is 4.25. The Morgan fingerprint density at radius 3 is 2.11 bits per heavy atom. The van der Waals surface area contributed by atoms with Gasteiger partial charge in [-0.05, 0) is 30.3 Å². The van der Waals surface area contributed by atoms with Gasteiger partial charge in [0.15, 0.2) is 11.6 Å². The number of nitrogens with zero attached hydrogens (tertiary/aromatic N) is 3. The van der Waals surface area contributed by atoms with E-state index in [9.17, 15) is 9.59 Å². The smallest absolute Gasteiger partial charge is 0.339 e. The van der Waals surface area contributed by atoms with Crippen molar-refractivity contribution in [2.45, 2.75) is 0 Å². The Morgan fingerprint density at radius 1 is 0.833 bits per heavy atom.